The molecular weight excluding hydrogens is 392 g/mol. The van der Waals surface area contributed by atoms with Crippen LogP contribution in [0.3, 0.4) is 0 Å². The number of rotatable bonds is 11. The molecule has 0 bridgehead atoms. The zero-order valence-electron chi connectivity index (χ0n) is 17.9. The molecule has 0 fully saturated rings. The third-order valence-electron chi connectivity index (χ3n) is 5.21. The molecule has 158 valence electrons. The van der Waals surface area contributed by atoms with Gasteiger partial charge in [-0.05, 0) is 53.8 Å². The average Bonchev–Trinajstić information content (AvgIpc) is 2.80. The normalized spacial score (nSPS) is 11.3. The molecule has 0 saturated heterocycles. The van der Waals surface area contributed by atoms with Crippen molar-refractivity contribution in [2.24, 2.45) is 0 Å². The molecule has 3 rings (SSSR count). The highest BCUT2D eigenvalue weighted by molar-refractivity contribution is 6.28. The van der Waals surface area contributed by atoms with Crippen molar-refractivity contribution in [2.75, 3.05) is 13.2 Å². The molecule has 0 spiro atoms. The Morgan fingerprint density at radius 2 is 1.00 bits per heavy atom. The molecule has 3 aromatic carbocycles. The van der Waals surface area contributed by atoms with Gasteiger partial charge in [-0.3, -0.25) is 0 Å². The van der Waals surface area contributed by atoms with Crippen molar-refractivity contribution in [3.63, 3.8) is 0 Å². The molecule has 0 atom stereocenters. The van der Waals surface area contributed by atoms with Crippen LogP contribution in [0, 0.1) is 0 Å². The van der Waals surface area contributed by atoms with Crippen LogP contribution in [0.15, 0.2) is 78.9 Å². The number of ether oxygens (including phenoxy) is 2. The number of hydrogen-bond acceptors (Lipinski definition) is 2. The van der Waals surface area contributed by atoms with E-state index in [0.29, 0.717) is 0 Å². The van der Waals surface area contributed by atoms with E-state index in [1.807, 2.05) is 42.5 Å². The van der Waals surface area contributed by atoms with Crippen LogP contribution in [0.2, 0.25) is 0 Å². The molecule has 0 saturated carbocycles. The predicted molar refractivity (Wildman–Crippen MR) is 126 cm³/mol. The smallest absolute Gasteiger partial charge is 0.119 e. The van der Waals surface area contributed by atoms with Gasteiger partial charge in [0, 0.05) is 0 Å². The minimum absolute atomic E-state index is 0.736. The van der Waals surface area contributed by atoms with Crippen LogP contribution in [0.25, 0.3) is 0 Å². The van der Waals surface area contributed by atoms with Gasteiger partial charge in [0.15, 0.2) is 0 Å². The van der Waals surface area contributed by atoms with E-state index in [9.17, 15) is 0 Å². The summed E-state index contributed by atoms with van der Waals surface area (Å²) in [5.74, 6) is 1.75. The highest BCUT2D eigenvalue weighted by Crippen LogP contribution is 2.43. The molecule has 30 heavy (non-hydrogen) atoms. The highest BCUT2D eigenvalue weighted by atomic mass is 35.5. The van der Waals surface area contributed by atoms with Gasteiger partial charge in [0.2, 0.25) is 0 Å². The maximum absolute atomic E-state index is 7.39. The Kier molecular flexibility index (Phi) is 8.21. The quantitative estimate of drug-likeness (QED) is 0.180. The maximum atomic E-state index is 7.39. The second-order valence-corrected chi connectivity index (χ2v) is 8.04. The van der Waals surface area contributed by atoms with Gasteiger partial charge in [-0.15, -0.1) is 11.6 Å². The van der Waals surface area contributed by atoms with Crippen molar-refractivity contribution in [3.05, 3.63) is 95.6 Å². The Morgan fingerprint density at radius 3 is 1.40 bits per heavy atom. The van der Waals surface area contributed by atoms with Gasteiger partial charge in [0.05, 0.1) is 13.2 Å². The fraction of sp³-hybridized carbons (Fsp3) is 0.333. The van der Waals surface area contributed by atoms with Crippen LogP contribution in [0.4, 0.5) is 0 Å². The van der Waals surface area contributed by atoms with Crippen LogP contribution in [0.5, 0.6) is 11.5 Å². The monoisotopic (exact) mass is 422 g/mol. The molecule has 2 nitrogen and oxygen atoms in total. The first-order valence-corrected chi connectivity index (χ1v) is 11.3. The number of hydrogen-bond donors (Lipinski definition) is 0. The Hall–Kier alpha value is -2.45. The lowest BCUT2D eigenvalue weighted by molar-refractivity contribution is 0.309. The number of halogens is 1. The van der Waals surface area contributed by atoms with E-state index < -0.39 is 4.87 Å². The predicted octanol–water partition coefficient (Wildman–Crippen LogP) is 7.58. The van der Waals surface area contributed by atoms with E-state index in [2.05, 4.69) is 50.2 Å². The lowest BCUT2D eigenvalue weighted by atomic mass is 9.84. The minimum atomic E-state index is -0.787. The van der Waals surface area contributed by atoms with E-state index in [0.717, 1.165) is 67.1 Å². The zero-order chi connectivity index (χ0) is 21.2. The van der Waals surface area contributed by atoms with Crippen molar-refractivity contribution in [3.8, 4) is 11.5 Å². The van der Waals surface area contributed by atoms with Gasteiger partial charge < -0.3 is 9.47 Å². The molecule has 3 aromatic rings. The van der Waals surface area contributed by atoms with Crippen LogP contribution in [-0.2, 0) is 4.87 Å². The molecule has 0 unspecified atom stereocenters. The minimum Gasteiger partial charge on any atom is -0.494 e. The summed E-state index contributed by atoms with van der Waals surface area (Å²) in [7, 11) is 0. The summed E-state index contributed by atoms with van der Waals surface area (Å²) in [6.07, 6.45) is 4.35. The summed E-state index contributed by atoms with van der Waals surface area (Å²) < 4.78 is 11.7. The summed E-state index contributed by atoms with van der Waals surface area (Å²) in [6, 6.07) is 26.5. The third kappa shape index (κ3) is 5.37. The van der Waals surface area contributed by atoms with E-state index in [1.54, 1.807) is 0 Å². The second kappa shape index (κ2) is 11.1. The molecule has 0 aliphatic rings. The van der Waals surface area contributed by atoms with Gasteiger partial charge in [-0.1, -0.05) is 81.3 Å². The van der Waals surface area contributed by atoms with E-state index >= 15 is 0 Å². The van der Waals surface area contributed by atoms with Gasteiger partial charge in [-0.2, -0.15) is 0 Å². The fourth-order valence-corrected chi connectivity index (χ4v) is 3.78. The molecule has 0 heterocycles. The van der Waals surface area contributed by atoms with Crippen molar-refractivity contribution < 1.29 is 9.47 Å². The van der Waals surface area contributed by atoms with E-state index in [-0.39, 0.29) is 0 Å². The Labute approximate surface area is 185 Å². The zero-order valence-corrected chi connectivity index (χ0v) is 18.7. The second-order valence-electron chi connectivity index (χ2n) is 7.48. The van der Waals surface area contributed by atoms with Crippen LogP contribution >= 0.6 is 11.6 Å². The Bertz CT molecular complexity index is 820. The highest BCUT2D eigenvalue weighted by Gasteiger charge is 2.34. The molecule has 0 aliphatic heterocycles. The van der Waals surface area contributed by atoms with Crippen molar-refractivity contribution in [2.45, 2.75) is 44.4 Å². The van der Waals surface area contributed by atoms with Crippen LogP contribution < -0.4 is 9.47 Å². The van der Waals surface area contributed by atoms with Crippen molar-refractivity contribution in [1.29, 1.82) is 0 Å². The number of alkyl halides is 1. The first-order chi connectivity index (χ1) is 14.7. The van der Waals surface area contributed by atoms with E-state index in [1.165, 1.54) is 0 Å². The summed E-state index contributed by atoms with van der Waals surface area (Å²) in [4.78, 5) is -0.787. The lowest BCUT2D eigenvalue weighted by Gasteiger charge is -2.29. The molecule has 0 radical (unpaired) electrons. The number of unbranched alkanes of at least 4 members (excludes halogenated alkanes) is 2. The largest absolute Gasteiger partial charge is 0.494 e. The van der Waals surface area contributed by atoms with Gasteiger partial charge in [-0.25, -0.2) is 0 Å². The van der Waals surface area contributed by atoms with Gasteiger partial charge >= 0.3 is 0 Å². The molecule has 0 aromatic heterocycles. The summed E-state index contributed by atoms with van der Waals surface area (Å²) in [5, 5.41) is 0. The van der Waals surface area contributed by atoms with Gasteiger partial charge in [0.1, 0.15) is 16.4 Å². The lowest BCUT2D eigenvalue weighted by Crippen LogP contribution is -2.22. The summed E-state index contributed by atoms with van der Waals surface area (Å²) >= 11 is 7.39. The number of benzene rings is 3. The molecule has 0 aliphatic carbocycles. The maximum Gasteiger partial charge on any atom is 0.119 e. The topological polar surface area (TPSA) is 18.5 Å². The van der Waals surface area contributed by atoms with Crippen molar-refractivity contribution >= 4 is 11.6 Å². The van der Waals surface area contributed by atoms with Crippen molar-refractivity contribution in [1.82, 2.24) is 0 Å². The summed E-state index contributed by atoms with van der Waals surface area (Å²) in [5.41, 5.74) is 3.06. The summed E-state index contributed by atoms with van der Waals surface area (Å²) in [6.45, 7) is 5.79. The van der Waals surface area contributed by atoms with Gasteiger partial charge in [0.25, 0.3) is 0 Å². The Morgan fingerprint density at radius 1 is 0.600 bits per heavy atom. The molecule has 0 N–H and O–H groups in total. The standard InChI is InChI=1S/C27H31ClO2/c1-3-5-20-29-25-16-12-23(13-17-25)27(28,22-10-8-7-9-11-22)24-14-18-26(19-15-24)30-21-6-4-2/h7-19H,3-6,20-21H2,1-2H3. The van der Waals surface area contributed by atoms with Crippen LogP contribution in [-0.4, -0.2) is 13.2 Å². The molecule has 3 heteroatoms. The third-order valence-corrected chi connectivity index (χ3v) is 5.86. The first-order valence-electron chi connectivity index (χ1n) is 10.9. The van der Waals surface area contributed by atoms with E-state index in [4.69, 9.17) is 21.1 Å². The van der Waals surface area contributed by atoms with Crippen LogP contribution in [0.1, 0.15) is 56.2 Å². The Balaban J connectivity index is 1.91. The average molecular weight is 423 g/mol. The molecular formula is C27H31ClO2. The molecule has 0 amide bonds. The first kappa shape index (κ1) is 22.2. The fourth-order valence-electron chi connectivity index (χ4n) is 3.40. The SMILES string of the molecule is CCCCOc1ccc(C(Cl)(c2ccccc2)c2ccc(OCCCC)cc2)cc1.